The highest BCUT2D eigenvalue weighted by atomic mass is 15.0. The summed E-state index contributed by atoms with van der Waals surface area (Å²) in [6.07, 6.45) is 0. The number of aryl methyl sites for hydroxylation is 1. The standard InChI is InChI=1S/C52H35N5/c1-34-20-21-39-30-31-45-46(33-47(38-14-7-3-8-15-38)54-49(45)48(39)53-34)44-19-11-18-43(32-44)37-24-28-42(29-25-37)52-56-50(40-16-9-4-10-17-40)55-51(57-52)41-26-22-36(23-27-41)35-12-5-2-6-13-35/h2-33H,1H3. The van der Waals surface area contributed by atoms with Crippen molar-refractivity contribution in [3.63, 3.8) is 0 Å². The maximum absolute atomic E-state index is 5.21. The van der Waals surface area contributed by atoms with Crippen LogP contribution in [0.4, 0.5) is 0 Å². The molecule has 268 valence electrons. The highest BCUT2D eigenvalue weighted by molar-refractivity contribution is 6.09. The fourth-order valence-electron chi connectivity index (χ4n) is 7.44. The first-order valence-electron chi connectivity index (χ1n) is 19.1. The van der Waals surface area contributed by atoms with Crippen LogP contribution in [0.15, 0.2) is 194 Å². The van der Waals surface area contributed by atoms with Crippen LogP contribution in [0.1, 0.15) is 5.69 Å². The molecule has 0 saturated heterocycles. The summed E-state index contributed by atoms with van der Waals surface area (Å²) >= 11 is 0. The van der Waals surface area contributed by atoms with Gasteiger partial charge in [0.05, 0.1) is 16.7 Å². The molecule has 0 spiro atoms. The lowest BCUT2D eigenvalue weighted by Gasteiger charge is -2.14. The lowest BCUT2D eigenvalue weighted by Crippen LogP contribution is -2.00. The van der Waals surface area contributed by atoms with E-state index in [2.05, 4.69) is 152 Å². The Labute approximate surface area is 331 Å². The minimum atomic E-state index is 0.624. The Kier molecular flexibility index (Phi) is 8.65. The summed E-state index contributed by atoms with van der Waals surface area (Å²) in [4.78, 5) is 25.1. The van der Waals surface area contributed by atoms with E-state index >= 15 is 0 Å². The molecule has 0 amide bonds. The summed E-state index contributed by atoms with van der Waals surface area (Å²) in [6.45, 7) is 2.03. The van der Waals surface area contributed by atoms with Crippen LogP contribution in [0.3, 0.4) is 0 Å². The molecule has 0 unspecified atom stereocenters. The van der Waals surface area contributed by atoms with Gasteiger partial charge in [0.2, 0.25) is 0 Å². The molecule has 5 nitrogen and oxygen atoms in total. The molecule has 0 bridgehead atoms. The smallest absolute Gasteiger partial charge is 0.164 e. The number of nitrogens with zero attached hydrogens (tertiary/aromatic N) is 5. The second-order valence-electron chi connectivity index (χ2n) is 14.2. The van der Waals surface area contributed by atoms with Crippen LogP contribution in [-0.4, -0.2) is 24.9 Å². The number of fused-ring (bicyclic) bond motifs is 3. The Bertz CT molecular complexity index is 3040. The lowest BCUT2D eigenvalue weighted by atomic mass is 9.94. The SMILES string of the molecule is Cc1ccc2ccc3c(-c4cccc(-c5ccc(-c6nc(-c7ccccc7)nc(-c7ccc(-c8ccccc8)cc7)n6)cc5)c4)cc(-c4ccccc4)nc3c2n1. The van der Waals surface area contributed by atoms with E-state index < -0.39 is 0 Å². The van der Waals surface area contributed by atoms with E-state index in [-0.39, 0.29) is 0 Å². The van der Waals surface area contributed by atoms with Gasteiger partial charge in [-0.25, -0.2) is 19.9 Å². The van der Waals surface area contributed by atoms with Gasteiger partial charge in [0.15, 0.2) is 17.5 Å². The summed E-state index contributed by atoms with van der Waals surface area (Å²) in [5.41, 5.74) is 14.3. The van der Waals surface area contributed by atoms with Crippen LogP contribution < -0.4 is 0 Å². The van der Waals surface area contributed by atoms with Crippen LogP contribution in [0.5, 0.6) is 0 Å². The molecule has 10 rings (SSSR count). The zero-order valence-corrected chi connectivity index (χ0v) is 31.2. The molecule has 0 aliphatic heterocycles. The molecule has 57 heavy (non-hydrogen) atoms. The van der Waals surface area contributed by atoms with Crippen molar-refractivity contribution in [1.82, 2.24) is 24.9 Å². The second kappa shape index (κ2) is 14.5. The quantitative estimate of drug-likeness (QED) is 0.153. The van der Waals surface area contributed by atoms with Crippen molar-refractivity contribution >= 4 is 21.8 Å². The van der Waals surface area contributed by atoms with E-state index in [0.29, 0.717) is 17.5 Å². The van der Waals surface area contributed by atoms with Gasteiger partial charge in [-0.05, 0) is 58.5 Å². The summed E-state index contributed by atoms with van der Waals surface area (Å²) < 4.78 is 0. The van der Waals surface area contributed by atoms with E-state index in [9.17, 15) is 0 Å². The summed E-state index contributed by atoms with van der Waals surface area (Å²) in [7, 11) is 0. The summed E-state index contributed by atoms with van der Waals surface area (Å²) in [5.74, 6) is 1.89. The van der Waals surface area contributed by atoms with Gasteiger partial charge in [-0.2, -0.15) is 0 Å². The fraction of sp³-hybridized carbons (Fsp3) is 0.0192. The molecule has 0 N–H and O–H groups in total. The third-order valence-electron chi connectivity index (χ3n) is 10.4. The highest BCUT2D eigenvalue weighted by Gasteiger charge is 2.16. The van der Waals surface area contributed by atoms with Crippen LogP contribution in [-0.2, 0) is 0 Å². The largest absolute Gasteiger partial charge is 0.251 e. The zero-order valence-electron chi connectivity index (χ0n) is 31.2. The molecule has 3 aromatic heterocycles. The van der Waals surface area contributed by atoms with Crippen LogP contribution in [0.25, 0.3) is 101 Å². The van der Waals surface area contributed by atoms with Crippen LogP contribution in [0.2, 0.25) is 0 Å². The van der Waals surface area contributed by atoms with E-state index in [1.807, 2.05) is 49.4 Å². The fourth-order valence-corrected chi connectivity index (χ4v) is 7.44. The molecule has 0 radical (unpaired) electrons. The van der Waals surface area contributed by atoms with Gasteiger partial charge >= 0.3 is 0 Å². The second-order valence-corrected chi connectivity index (χ2v) is 14.2. The third kappa shape index (κ3) is 6.72. The van der Waals surface area contributed by atoms with E-state index in [0.717, 1.165) is 83.3 Å². The molecule has 7 aromatic carbocycles. The van der Waals surface area contributed by atoms with Crippen molar-refractivity contribution in [1.29, 1.82) is 0 Å². The number of hydrogen-bond acceptors (Lipinski definition) is 5. The van der Waals surface area contributed by atoms with Crippen LogP contribution >= 0.6 is 0 Å². The van der Waals surface area contributed by atoms with Gasteiger partial charge < -0.3 is 0 Å². The highest BCUT2D eigenvalue weighted by Crippen LogP contribution is 2.37. The number of pyridine rings is 2. The summed E-state index contributed by atoms with van der Waals surface area (Å²) in [5, 5.41) is 2.15. The van der Waals surface area contributed by atoms with Crippen molar-refractivity contribution in [3.8, 4) is 78.8 Å². The molecule has 0 aliphatic carbocycles. The Balaban J connectivity index is 1.03. The molecular weight excluding hydrogens is 695 g/mol. The Morgan fingerprint density at radius 3 is 1.37 bits per heavy atom. The number of benzene rings is 7. The van der Waals surface area contributed by atoms with Crippen molar-refractivity contribution in [3.05, 3.63) is 200 Å². The van der Waals surface area contributed by atoms with Gasteiger partial charge in [-0.3, -0.25) is 4.98 Å². The lowest BCUT2D eigenvalue weighted by molar-refractivity contribution is 1.07. The first-order valence-corrected chi connectivity index (χ1v) is 19.1. The average Bonchev–Trinajstić information content (AvgIpc) is 3.29. The number of rotatable bonds is 7. The average molecular weight is 730 g/mol. The minimum absolute atomic E-state index is 0.624. The summed E-state index contributed by atoms with van der Waals surface area (Å²) in [6, 6.07) is 67.2. The molecule has 5 heteroatoms. The maximum Gasteiger partial charge on any atom is 0.164 e. The first kappa shape index (κ1) is 33.9. The van der Waals surface area contributed by atoms with E-state index in [1.165, 1.54) is 5.56 Å². The topological polar surface area (TPSA) is 64.5 Å². The van der Waals surface area contributed by atoms with Gasteiger partial charge in [0.25, 0.3) is 0 Å². The Morgan fingerprint density at radius 1 is 0.298 bits per heavy atom. The van der Waals surface area contributed by atoms with E-state index in [4.69, 9.17) is 24.9 Å². The molecule has 10 aromatic rings. The number of hydrogen-bond donors (Lipinski definition) is 0. The molecule has 0 atom stereocenters. The van der Waals surface area contributed by atoms with Crippen LogP contribution in [0, 0.1) is 6.92 Å². The maximum atomic E-state index is 5.21. The molecule has 0 aliphatic rings. The van der Waals surface area contributed by atoms with Crippen molar-refractivity contribution in [2.45, 2.75) is 6.92 Å². The Hall–Kier alpha value is -7.63. The molecular formula is C52H35N5. The van der Waals surface area contributed by atoms with Crippen molar-refractivity contribution in [2.24, 2.45) is 0 Å². The zero-order chi connectivity index (χ0) is 38.1. The van der Waals surface area contributed by atoms with Crippen molar-refractivity contribution in [2.75, 3.05) is 0 Å². The van der Waals surface area contributed by atoms with Gasteiger partial charge in [0.1, 0.15) is 0 Å². The molecule has 0 fully saturated rings. The first-order chi connectivity index (χ1) is 28.1. The van der Waals surface area contributed by atoms with Crippen molar-refractivity contribution < 1.29 is 0 Å². The minimum Gasteiger partial charge on any atom is -0.251 e. The predicted molar refractivity (Wildman–Crippen MR) is 233 cm³/mol. The third-order valence-corrected chi connectivity index (χ3v) is 10.4. The normalized spacial score (nSPS) is 11.2. The van der Waals surface area contributed by atoms with Gasteiger partial charge in [-0.1, -0.05) is 176 Å². The predicted octanol–water partition coefficient (Wildman–Crippen LogP) is 12.9. The monoisotopic (exact) mass is 729 g/mol. The van der Waals surface area contributed by atoms with Gasteiger partial charge in [-0.15, -0.1) is 0 Å². The van der Waals surface area contributed by atoms with Gasteiger partial charge in [0, 0.05) is 38.7 Å². The number of aromatic nitrogens is 5. The van der Waals surface area contributed by atoms with E-state index in [1.54, 1.807) is 0 Å². The molecule has 3 heterocycles. The molecule has 0 saturated carbocycles. The Morgan fingerprint density at radius 2 is 0.754 bits per heavy atom.